The van der Waals surface area contributed by atoms with Gasteiger partial charge in [0.25, 0.3) is 0 Å². The van der Waals surface area contributed by atoms with Gasteiger partial charge in [-0.15, -0.1) is 11.3 Å². The molecule has 1 fully saturated rings. The number of thiophene rings is 1. The van der Waals surface area contributed by atoms with Gasteiger partial charge < -0.3 is 0 Å². The summed E-state index contributed by atoms with van der Waals surface area (Å²) in [6.45, 7) is 2.38. The molecule has 1 aromatic heterocycles. The molecule has 1 aromatic rings. The molecule has 0 spiro atoms. The van der Waals surface area contributed by atoms with Gasteiger partial charge in [0, 0.05) is 18.5 Å². The van der Waals surface area contributed by atoms with Crippen molar-refractivity contribution in [1.82, 2.24) is 9.79 Å². The Hall–Kier alpha value is -0.470. The molecule has 2 atom stereocenters. The first-order chi connectivity index (χ1) is 8.06. The summed E-state index contributed by atoms with van der Waals surface area (Å²) in [6.07, 6.45) is 0. The van der Waals surface area contributed by atoms with Crippen LogP contribution >= 0.6 is 11.3 Å². The summed E-state index contributed by atoms with van der Waals surface area (Å²) in [5.74, 6) is 0. The van der Waals surface area contributed by atoms with E-state index in [-0.39, 0.29) is 12.6 Å². The standard InChI is InChI=1S/C10H16N2O3S2/c1-3-11-17(13,14)9-7-15-12(2)10(9)8-5-4-6-16-8/h4-6,9-11H,3,7H2,1-2H3. The summed E-state index contributed by atoms with van der Waals surface area (Å²) < 4.78 is 26.7. The molecule has 0 amide bonds. The number of rotatable bonds is 4. The first-order valence-electron chi connectivity index (χ1n) is 5.44. The minimum atomic E-state index is -3.33. The molecule has 1 saturated heterocycles. The van der Waals surface area contributed by atoms with Gasteiger partial charge in [0.15, 0.2) is 0 Å². The Bertz CT molecular complexity index is 458. The number of nitrogens with one attached hydrogen (secondary N) is 1. The lowest BCUT2D eigenvalue weighted by atomic mass is 10.2. The minimum absolute atomic E-state index is 0.203. The van der Waals surface area contributed by atoms with Crippen LogP contribution in [0.5, 0.6) is 0 Å². The smallest absolute Gasteiger partial charge is 0.218 e. The van der Waals surface area contributed by atoms with Gasteiger partial charge in [0.2, 0.25) is 10.0 Å². The van der Waals surface area contributed by atoms with Crippen molar-refractivity contribution in [3.63, 3.8) is 0 Å². The lowest BCUT2D eigenvalue weighted by Crippen LogP contribution is -2.38. The molecule has 0 aromatic carbocycles. The molecule has 5 nitrogen and oxygen atoms in total. The van der Waals surface area contributed by atoms with Gasteiger partial charge in [0.1, 0.15) is 5.25 Å². The Balaban J connectivity index is 2.29. The van der Waals surface area contributed by atoms with Crippen LogP contribution in [0.15, 0.2) is 17.5 Å². The molecule has 0 aliphatic carbocycles. The summed E-state index contributed by atoms with van der Waals surface area (Å²) in [4.78, 5) is 6.37. The molecule has 2 unspecified atom stereocenters. The van der Waals surface area contributed by atoms with Crippen LogP contribution in [0.2, 0.25) is 0 Å². The average molecular weight is 276 g/mol. The van der Waals surface area contributed by atoms with Gasteiger partial charge in [-0.1, -0.05) is 13.0 Å². The maximum Gasteiger partial charge on any atom is 0.218 e. The third-order valence-electron chi connectivity index (χ3n) is 2.77. The number of hydrogen-bond donors (Lipinski definition) is 1. The van der Waals surface area contributed by atoms with E-state index in [1.165, 1.54) is 0 Å². The zero-order chi connectivity index (χ0) is 12.5. The molecular weight excluding hydrogens is 260 g/mol. The SMILES string of the molecule is CCNS(=O)(=O)C1CON(C)C1c1cccs1. The predicted octanol–water partition coefficient (Wildman–Crippen LogP) is 0.974. The van der Waals surface area contributed by atoms with Crippen molar-refractivity contribution in [2.75, 3.05) is 20.2 Å². The van der Waals surface area contributed by atoms with Crippen molar-refractivity contribution in [3.05, 3.63) is 22.4 Å². The van der Waals surface area contributed by atoms with Gasteiger partial charge in [-0.3, -0.25) is 4.84 Å². The zero-order valence-corrected chi connectivity index (χ0v) is 11.4. The highest BCUT2D eigenvalue weighted by Crippen LogP contribution is 2.35. The van der Waals surface area contributed by atoms with Crippen molar-refractivity contribution in [1.29, 1.82) is 0 Å². The summed E-state index contributed by atoms with van der Waals surface area (Å²) in [5, 5.41) is 3.02. The van der Waals surface area contributed by atoms with Crippen molar-refractivity contribution in [2.24, 2.45) is 0 Å². The first-order valence-corrected chi connectivity index (χ1v) is 7.86. The van der Waals surface area contributed by atoms with Gasteiger partial charge in [-0.25, -0.2) is 13.1 Å². The fourth-order valence-corrected chi connectivity index (χ4v) is 4.51. The van der Waals surface area contributed by atoms with E-state index in [0.29, 0.717) is 6.54 Å². The van der Waals surface area contributed by atoms with Crippen molar-refractivity contribution in [3.8, 4) is 0 Å². The van der Waals surface area contributed by atoms with E-state index in [1.807, 2.05) is 17.5 Å². The average Bonchev–Trinajstić information content (AvgIpc) is 2.85. The van der Waals surface area contributed by atoms with E-state index >= 15 is 0 Å². The van der Waals surface area contributed by atoms with E-state index in [0.717, 1.165) is 4.88 Å². The van der Waals surface area contributed by atoms with Crippen molar-refractivity contribution >= 4 is 21.4 Å². The van der Waals surface area contributed by atoms with E-state index < -0.39 is 15.3 Å². The molecular formula is C10H16N2O3S2. The van der Waals surface area contributed by atoms with Crippen LogP contribution in [0.3, 0.4) is 0 Å². The Morgan fingerprint density at radius 2 is 2.41 bits per heavy atom. The van der Waals surface area contributed by atoms with Crippen LogP contribution in [0, 0.1) is 0 Å². The van der Waals surface area contributed by atoms with Crippen LogP contribution in [0.4, 0.5) is 0 Å². The topological polar surface area (TPSA) is 58.6 Å². The summed E-state index contributed by atoms with van der Waals surface area (Å²) in [5.41, 5.74) is 0. The molecule has 1 N–H and O–H groups in total. The van der Waals surface area contributed by atoms with Gasteiger partial charge in [0.05, 0.1) is 12.6 Å². The van der Waals surface area contributed by atoms with Crippen LogP contribution in [0.1, 0.15) is 17.8 Å². The van der Waals surface area contributed by atoms with Crippen molar-refractivity contribution < 1.29 is 13.3 Å². The maximum absolute atomic E-state index is 12.1. The molecule has 96 valence electrons. The van der Waals surface area contributed by atoms with Crippen LogP contribution in [-0.4, -0.2) is 38.9 Å². The molecule has 7 heteroatoms. The van der Waals surface area contributed by atoms with E-state index in [2.05, 4.69) is 4.72 Å². The quantitative estimate of drug-likeness (QED) is 0.890. The number of hydrogen-bond acceptors (Lipinski definition) is 5. The van der Waals surface area contributed by atoms with Gasteiger partial charge in [-0.05, 0) is 11.4 Å². The highest BCUT2D eigenvalue weighted by molar-refractivity contribution is 7.90. The second-order valence-corrected chi connectivity index (χ2v) is 6.85. The Labute approximate surface area is 105 Å². The number of nitrogens with zero attached hydrogens (tertiary/aromatic N) is 1. The number of hydroxylamine groups is 2. The summed E-state index contributed by atoms with van der Waals surface area (Å²) in [6, 6.07) is 3.64. The monoisotopic (exact) mass is 276 g/mol. The van der Waals surface area contributed by atoms with Crippen LogP contribution in [-0.2, 0) is 14.9 Å². The molecule has 1 aliphatic heterocycles. The normalized spacial score (nSPS) is 26.5. The third-order valence-corrected chi connectivity index (χ3v) is 5.59. The van der Waals surface area contributed by atoms with E-state index in [1.54, 1.807) is 30.4 Å². The second-order valence-electron chi connectivity index (χ2n) is 3.88. The van der Waals surface area contributed by atoms with Gasteiger partial charge in [-0.2, -0.15) is 5.06 Å². The Morgan fingerprint density at radius 1 is 1.65 bits per heavy atom. The second kappa shape index (κ2) is 5.03. The van der Waals surface area contributed by atoms with Crippen molar-refractivity contribution in [2.45, 2.75) is 18.2 Å². The number of sulfonamides is 1. The minimum Gasteiger partial charge on any atom is -0.297 e. The lowest BCUT2D eigenvalue weighted by Gasteiger charge is -2.21. The summed E-state index contributed by atoms with van der Waals surface area (Å²) in [7, 11) is -1.56. The first kappa shape index (κ1) is 13.0. The predicted molar refractivity (Wildman–Crippen MR) is 67.2 cm³/mol. The Morgan fingerprint density at radius 3 is 3.00 bits per heavy atom. The summed E-state index contributed by atoms with van der Waals surface area (Å²) >= 11 is 1.55. The molecule has 0 radical (unpaired) electrons. The molecule has 1 aliphatic rings. The fraction of sp³-hybridized carbons (Fsp3) is 0.600. The highest BCUT2D eigenvalue weighted by Gasteiger charge is 2.43. The maximum atomic E-state index is 12.1. The Kier molecular flexibility index (Phi) is 3.84. The van der Waals surface area contributed by atoms with Crippen LogP contribution < -0.4 is 4.72 Å². The fourth-order valence-electron chi connectivity index (χ4n) is 1.99. The van der Waals surface area contributed by atoms with E-state index in [4.69, 9.17) is 4.84 Å². The highest BCUT2D eigenvalue weighted by atomic mass is 32.2. The molecule has 2 heterocycles. The molecule has 17 heavy (non-hydrogen) atoms. The third kappa shape index (κ3) is 2.53. The molecule has 0 saturated carbocycles. The van der Waals surface area contributed by atoms with E-state index in [9.17, 15) is 8.42 Å². The van der Waals surface area contributed by atoms with Crippen LogP contribution in [0.25, 0.3) is 0 Å². The largest absolute Gasteiger partial charge is 0.297 e. The lowest BCUT2D eigenvalue weighted by molar-refractivity contribution is -0.110. The zero-order valence-electron chi connectivity index (χ0n) is 9.79. The molecule has 0 bridgehead atoms. The molecule has 2 rings (SSSR count). The van der Waals surface area contributed by atoms with Gasteiger partial charge >= 0.3 is 0 Å².